The number of benzene rings is 1. The fourth-order valence-corrected chi connectivity index (χ4v) is 3.81. The average Bonchev–Trinajstić information content (AvgIpc) is 3.25. The molecule has 1 saturated heterocycles. The number of carbonyl (C=O) groups is 1. The van der Waals surface area contributed by atoms with Crippen LogP contribution in [-0.2, 0) is 0 Å². The smallest absolute Gasteiger partial charge is 0.255 e. The largest absolute Gasteiger partial charge is 0.486 e. The zero-order chi connectivity index (χ0) is 14.9. The van der Waals surface area contributed by atoms with Gasteiger partial charge in [-0.3, -0.25) is 4.79 Å². The number of hydrogen-bond donors (Lipinski definition) is 0. The van der Waals surface area contributed by atoms with Crippen LogP contribution in [0.1, 0.15) is 34.8 Å². The lowest BCUT2D eigenvalue weighted by molar-refractivity contribution is 0.0735. The van der Waals surface area contributed by atoms with Crippen LogP contribution in [0.25, 0.3) is 0 Å². The number of carbonyl (C=O) groups excluding carboxylic acids is 1. The van der Waals surface area contributed by atoms with E-state index < -0.39 is 0 Å². The molecule has 0 unspecified atom stereocenters. The predicted octanol–water partition coefficient (Wildman–Crippen LogP) is 3.50. The Morgan fingerprint density at radius 3 is 2.86 bits per heavy atom. The number of nitrogens with zero attached hydrogens (tertiary/aromatic N) is 1. The summed E-state index contributed by atoms with van der Waals surface area (Å²) in [6.45, 7) is 1.99. The van der Waals surface area contributed by atoms with Crippen molar-refractivity contribution in [3.63, 3.8) is 0 Å². The first-order valence-corrected chi connectivity index (χ1v) is 8.50. The van der Waals surface area contributed by atoms with Gasteiger partial charge in [-0.2, -0.15) is 11.3 Å². The van der Waals surface area contributed by atoms with Gasteiger partial charge in [0, 0.05) is 11.9 Å². The minimum Gasteiger partial charge on any atom is -0.486 e. The lowest BCUT2D eigenvalue weighted by atomic mass is 10.0. The van der Waals surface area contributed by atoms with Gasteiger partial charge in [0.2, 0.25) is 0 Å². The summed E-state index contributed by atoms with van der Waals surface area (Å²) in [5.41, 5.74) is 1.92. The quantitative estimate of drug-likeness (QED) is 0.851. The van der Waals surface area contributed by atoms with Gasteiger partial charge in [-0.25, -0.2) is 0 Å². The Labute approximate surface area is 133 Å². The molecule has 0 saturated carbocycles. The van der Waals surface area contributed by atoms with Crippen LogP contribution in [0.15, 0.2) is 35.0 Å². The van der Waals surface area contributed by atoms with Crippen molar-refractivity contribution in [2.75, 3.05) is 19.8 Å². The van der Waals surface area contributed by atoms with Gasteiger partial charge >= 0.3 is 0 Å². The molecule has 114 valence electrons. The summed E-state index contributed by atoms with van der Waals surface area (Å²) in [7, 11) is 0. The van der Waals surface area contributed by atoms with E-state index >= 15 is 0 Å². The second kappa shape index (κ2) is 5.65. The third-order valence-electron chi connectivity index (χ3n) is 4.23. The van der Waals surface area contributed by atoms with Gasteiger partial charge in [0.15, 0.2) is 11.5 Å². The van der Waals surface area contributed by atoms with Gasteiger partial charge in [0.25, 0.3) is 5.91 Å². The van der Waals surface area contributed by atoms with E-state index in [1.54, 1.807) is 11.3 Å². The molecule has 4 rings (SSSR count). The Balaban J connectivity index is 1.62. The highest BCUT2D eigenvalue weighted by molar-refractivity contribution is 7.08. The molecule has 0 spiro atoms. The van der Waals surface area contributed by atoms with Crippen molar-refractivity contribution in [2.24, 2.45) is 0 Å². The summed E-state index contributed by atoms with van der Waals surface area (Å²) in [6.07, 6.45) is 2.03. The zero-order valence-corrected chi connectivity index (χ0v) is 13.0. The first kappa shape index (κ1) is 13.6. The molecule has 0 radical (unpaired) electrons. The van der Waals surface area contributed by atoms with E-state index in [2.05, 4.69) is 6.07 Å². The number of amides is 1. The minimum atomic E-state index is 0.124. The molecular formula is C17H17NO3S. The third-order valence-corrected chi connectivity index (χ3v) is 4.92. The zero-order valence-electron chi connectivity index (χ0n) is 12.2. The number of ether oxygens (including phenoxy) is 2. The average molecular weight is 315 g/mol. The highest BCUT2D eigenvalue weighted by atomic mass is 32.1. The van der Waals surface area contributed by atoms with E-state index in [0.717, 1.165) is 42.0 Å². The first-order chi connectivity index (χ1) is 10.8. The third kappa shape index (κ3) is 2.35. The molecule has 5 heteroatoms. The molecule has 4 nitrogen and oxygen atoms in total. The molecule has 1 aromatic heterocycles. The summed E-state index contributed by atoms with van der Waals surface area (Å²) in [5.74, 6) is 1.71. The number of hydrogen-bond acceptors (Lipinski definition) is 4. The molecule has 3 heterocycles. The van der Waals surface area contributed by atoms with Gasteiger partial charge in [0.05, 0.1) is 11.6 Å². The number of thiophene rings is 1. The molecule has 0 aliphatic carbocycles. The summed E-state index contributed by atoms with van der Waals surface area (Å²) >= 11 is 1.56. The SMILES string of the molecule is O=C(c1ccsc1)N1CCC[C@@H]1c1ccc2c(c1)OCCO2. The van der Waals surface area contributed by atoms with Crippen LogP contribution < -0.4 is 9.47 Å². The van der Waals surface area contributed by atoms with Crippen molar-refractivity contribution in [3.05, 3.63) is 46.2 Å². The van der Waals surface area contributed by atoms with Crippen molar-refractivity contribution in [3.8, 4) is 11.5 Å². The van der Waals surface area contributed by atoms with Crippen LogP contribution in [0.2, 0.25) is 0 Å². The Hall–Kier alpha value is -2.01. The highest BCUT2D eigenvalue weighted by Crippen LogP contribution is 2.38. The molecule has 1 fully saturated rings. The highest BCUT2D eigenvalue weighted by Gasteiger charge is 2.31. The lowest BCUT2D eigenvalue weighted by Crippen LogP contribution is -2.30. The maximum Gasteiger partial charge on any atom is 0.255 e. The van der Waals surface area contributed by atoms with Crippen molar-refractivity contribution < 1.29 is 14.3 Å². The second-order valence-electron chi connectivity index (χ2n) is 5.57. The van der Waals surface area contributed by atoms with Gasteiger partial charge in [0.1, 0.15) is 13.2 Å². The minimum absolute atomic E-state index is 0.124. The second-order valence-corrected chi connectivity index (χ2v) is 6.35. The first-order valence-electron chi connectivity index (χ1n) is 7.55. The summed E-state index contributed by atoms with van der Waals surface area (Å²) in [4.78, 5) is 14.6. The van der Waals surface area contributed by atoms with Gasteiger partial charge in [-0.05, 0) is 42.0 Å². The predicted molar refractivity (Wildman–Crippen MR) is 84.8 cm³/mol. The van der Waals surface area contributed by atoms with Gasteiger partial charge in [-0.1, -0.05) is 6.07 Å². The van der Waals surface area contributed by atoms with Gasteiger partial charge < -0.3 is 14.4 Å². The maximum absolute atomic E-state index is 12.7. The molecule has 2 aliphatic heterocycles. The Kier molecular flexibility index (Phi) is 3.50. The fourth-order valence-electron chi connectivity index (χ4n) is 3.18. The molecule has 0 N–H and O–H groups in total. The van der Waals surface area contributed by atoms with Crippen LogP contribution in [0.4, 0.5) is 0 Å². The molecule has 1 amide bonds. The van der Waals surface area contributed by atoms with Crippen LogP contribution in [0.3, 0.4) is 0 Å². The summed E-state index contributed by atoms with van der Waals surface area (Å²) in [5, 5.41) is 3.86. The summed E-state index contributed by atoms with van der Waals surface area (Å²) < 4.78 is 11.2. The Bertz CT molecular complexity index is 683. The van der Waals surface area contributed by atoms with E-state index in [4.69, 9.17) is 9.47 Å². The van der Waals surface area contributed by atoms with Crippen LogP contribution in [-0.4, -0.2) is 30.6 Å². The Morgan fingerprint density at radius 1 is 1.18 bits per heavy atom. The molecular weight excluding hydrogens is 298 g/mol. The van der Waals surface area contributed by atoms with E-state index in [0.29, 0.717) is 13.2 Å². The summed E-state index contributed by atoms with van der Waals surface area (Å²) in [6, 6.07) is 8.06. The van der Waals surface area contributed by atoms with E-state index in [1.165, 1.54) is 0 Å². The van der Waals surface area contributed by atoms with Crippen molar-refractivity contribution in [1.82, 2.24) is 4.90 Å². The number of likely N-dealkylation sites (tertiary alicyclic amines) is 1. The molecule has 2 aliphatic rings. The van der Waals surface area contributed by atoms with E-state index in [9.17, 15) is 4.79 Å². The van der Waals surface area contributed by atoms with E-state index in [-0.39, 0.29) is 11.9 Å². The molecule has 22 heavy (non-hydrogen) atoms. The van der Waals surface area contributed by atoms with Gasteiger partial charge in [-0.15, -0.1) is 0 Å². The molecule has 1 aromatic carbocycles. The molecule has 1 atom stereocenters. The van der Waals surface area contributed by atoms with E-state index in [1.807, 2.05) is 33.9 Å². The van der Waals surface area contributed by atoms with Crippen molar-refractivity contribution in [2.45, 2.75) is 18.9 Å². The molecule has 0 bridgehead atoms. The topological polar surface area (TPSA) is 38.8 Å². The normalized spacial score (nSPS) is 20.2. The van der Waals surface area contributed by atoms with Crippen LogP contribution in [0, 0.1) is 0 Å². The number of rotatable bonds is 2. The number of fused-ring (bicyclic) bond motifs is 1. The van der Waals surface area contributed by atoms with Crippen molar-refractivity contribution in [1.29, 1.82) is 0 Å². The van der Waals surface area contributed by atoms with Crippen LogP contribution in [0.5, 0.6) is 11.5 Å². The monoisotopic (exact) mass is 315 g/mol. The Morgan fingerprint density at radius 2 is 2.05 bits per heavy atom. The maximum atomic E-state index is 12.7. The standard InChI is InChI=1S/C17H17NO3S/c19-17(13-5-9-22-11-13)18-6-1-2-14(18)12-3-4-15-16(10-12)21-8-7-20-15/h3-5,9-11,14H,1-2,6-8H2/t14-/m1/s1. The fraction of sp³-hybridized carbons (Fsp3) is 0.353. The lowest BCUT2D eigenvalue weighted by Gasteiger charge is -2.26. The van der Waals surface area contributed by atoms with Crippen LogP contribution >= 0.6 is 11.3 Å². The molecule has 2 aromatic rings. The van der Waals surface area contributed by atoms with Crippen molar-refractivity contribution >= 4 is 17.2 Å².